The molecule has 0 saturated carbocycles. The van der Waals surface area contributed by atoms with Gasteiger partial charge in [0.15, 0.2) is 0 Å². The van der Waals surface area contributed by atoms with Gasteiger partial charge in [-0.15, -0.1) is 0 Å². The van der Waals surface area contributed by atoms with Gasteiger partial charge in [-0.2, -0.15) is 0 Å². The molecule has 26 heavy (non-hydrogen) atoms. The van der Waals surface area contributed by atoms with Gasteiger partial charge in [0, 0.05) is 26.2 Å². The fourth-order valence-corrected chi connectivity index (χ4v) is 3.11. The molecular weight excluding hydrogens is 354 g/mol. The van der Waals surface area contributed by atoms with Crippen molar-refractivity contribution in [1.82, 2.24) is 4.90 Å². The number of ether oxygens (including phenoxy) is 1. The van der Waals surface area contributed by atoms with Crippen LogP contribution in [0.25, 0.3) is 0 Å². The van der Waals surface area contributed by atoms with Crippen molar-refractivity contribution in [2.24, 2.45) is 0 Å². The van der Waals surface area contributed by atoms with E-state index in [1.165, 1.54) is 0 Å². The maximum absolute atomic E-state index is 12.4. The molecule has 0 aliphatic carbocycles. The standard InChI is InChI=1S/C19H20ClN3O3/c1-26-17-9-5-4-8-16(17)22-10-12-23(13-11-22)19(25)18(24)21-15-7-3-2-6-14(15)20/h2-9H,10-13H2,1H3,(H,21,24). The van der Waals surface area contributed by atoms with Crippen molar-refractivity contribution >= 4 is 34.8 Å². The second kappa shape index (κ2) is 8.10. The molecule has 0 radical (unpaired) electrons. The van der Waals surface area contributed by atoms with Crippen molar-refractivity contribution in [3.05, 3.63) is 53.6 Å². The highest BCUT2D eigenvalue weighted by atomic mass is 35.5. The van der Waals surface area contributed by atoms with Crippen LogP contribution in [0.1, 0.15) is 0 Å². The molecule has 0 bridgehead atoms. The molecule has 7 heteroatoms. The number of hydrogen-bond acceptors (Lipinski definition) is 4. The molecule has 0 aromatic heterocycles. The fraction of sp³-hybridized carbons (Fsp3) is 0.263. The normalized spacial score (nSPS) is 14.1. The molecule has 0 atom stereocenters. The van der Waals surface area contributed by atoms with Crippen molar-refractivity contribution in [3.8, 4) is 5.75 Å². The zero-order valence-electron chi connectivity index (χ0n) is 14.4. The first kappa shape index (κ1) is 18.1. The van der Waals surface area contributed by atoms with E-state index in [1.807, 2.05) is 24.3 Å². The van der Waals surface area contributed by atoms with Crippen LogP contribution in [0, 0.1) is 0 Å². The van der Waals surface area contributed by atoms with Gasteiger partial charge in [-0.1, -0.05) is 35.9 Å². The first-order valence-electron chi connectivity index (χ1n) is 8.33. The van der Waals surface area contributed by atoms with Gasteiger partial charge in [0.25, 0.3) is 0 Å². The van der Waals surface area contributed by atoms with Crippen LogP contribution >= 0.6 is 11.6 Å². The summed E-state index contributed by atoms with van der Waals surface area (Å²) in [6.07, 6.45) is 0. The fourth-order valence-electron chi connectivity index (χ4n) is 2.92. The maximum atomic E-state index is 12.4. The summed E-state index contributed by atoms with van der Waals surface area (Å²) in [5.41, 5.74) is 1.42. The molecule has 2 aromatic carbocycles. The lowest BCUT2D eigenvalue weighted by molar-refractivity contribution is -0.143. The zero-order valence-corrected chi connectivity index (χ0v) is 15.2. The van der Waals surface area contributed by atoms with Crippen LogP contribution in [0.2, 0.25) is 5.02 Å². The number of anilines is 2. The zero-order chi connectivity index (χ0) is 18.5. The molecule has 2 amide bonds. The van der Waals surface area contributed by atoms with E-state index in [1.54, 1.807) is 36.3 Å². The van der Waals surface area contributed by atoms with Gasteiger partial charge in [-0.05, 0) is 24.3 Å². The number of halogens is 1. The van der Waals surface area contributed by atoms with Crippen LogP contribution in [-0.2, 0) is 9.59 Å². The number of piperazine rings is 1. The number of carbonyl (C=O) groups excluding carboxylic acids is 2. The molecule has 6 nitrogen and oxygen atoms in total. The first-order chi connectivity index (χ1) is 12.6. The highest BCUT2D eigenvalue weighted by molar-refractivity contribution is 6.41. The molecule has 1 heterocycles. The second-order valence-corrected chi connectivity index (χ2v) is 6.29. The van der Waals surface area contributed by atoms with E-state index in [0.29, 0.717) is 36.9 Å². The van der Waals surface area contributed by atoms with Crippen LogP contribution in [0.5, 0.6) is 5.75 Å². The van der Waals surface area contributed by atoms with E-state index in [-0.39, 0.29) is 0 Å². The smallest absolute Gasteiger partial charge is 0.313 e. The lowest BCUT2D eigenvalue weighted by Crippen LogP contribution is -2.51. The van der Waals surface area contributed by atoms with Crippen LogP contribution < -0.4 is 15.0 Å². The Labute approximate surface area is 157 Å². The number of carbonyl (C=O) groups is 2. The highest BCUT2D eigenvalue weighted by Gasteiger charge is 2.27. The van der Waals surface area contributed by atoms with Crippen LogP contribution in [0.15, 0.2) is 48.5 Å². The van der Waals surface area contributed by atoms with E-state index < -0.39 is 11.8 Å². The van der Waals surface area contributed by atoms with E-state index in [2.05, 4.69) is 10.2 Å². The molecule has 0 unspecified atom stereocenters. The Bertz CT molecular complexity index is 804. The quantitative estimate of drug-likeness (QED) is 0.840. The summed E-state index contributed by atoms with van der Waals surface area (Å²) in [4.78, 5) is 28.3. The summed E-state index contributed by atoms with van der Waals surface area (Å²) in [5, 5.41) is 2.97. The van der Waals surface area contributed by atoms with E-state index in [0.717, 1.165) is 11.4 Å². The molecule has 1 fully saturated rings. The summed E-state index contributed by atoms with van der Waals surface area (Å²) in [6.45, 7) is 2.19. The van der Waals surface area contributed by atoms with Gasteiger partial charge < -0.3 is 19.9 Å². The molecule has 0 spiro atoms. The molecule has 1 aliphatic rings. The number of benzene rings is 2. The van der Waals surface area contributed by atoms with Gasteiger partial charge in [0.05, 0.1) is 23.5 Å². The summed E-state index contributed by atoms with van der Waals surface area (Å²) >= 11 is 6.02. The molecule has 2 aromatic rings. The lowest BCUT2D eigenvalue weighted by atomic mass is 10.2. The third-order valence-electron chi connectivity index (χ3n) is 4.31. The minimum Gasteiger partial charge on any atom is -0.495 e. The predicted octanol–water partition coefficient (Wildman–Crippen LogP) is 2.64. The Morgan fingerprint density at radius 3 is 2.35 bits per heavy atom. The minimum atomic E-state index is -0.677. The van der Waals surface area contributed by atoms with Gasteiger partial charge in [0.2, 0.25) is 0 Å². The van der Waals surface area contributed by atoms with Gasteiger partial charge in [-0.25, -0.2) is 0 Å². The summed E-state index contributed by atoms with van der Waals surface area (Å²) in [5.74, 6) is -0.433. The Morgan fingerprint density at radius 1 is 1.00 bits per heavy atom. The Hall–Kier alpha value is -2.73. The van der Waals surface area contributed by atoms with Crippen LogP contribution in [0.3, 0.4) is 0 Å². The molecule has 1 aliphatic heterocycles. The van der Waals surface area contributed by atoms with Crippen LogP contribution in [0.4, 0.5) is 11.4 Å². The van der Waals surface area contributed by atoms with E-state index in [4.69, 9.17) is 16.3 Å². The molecule has 1 saturated heterocycles. The highest BCUT2D eigenvalue weighted by Crippen LogP contribution is 2.28. The number of nitrogens with one attached hydrogen (secondary N) is 1. The van der Waals surface area contributed by atoms with Crippen molar-refractivity contribution < 1.29 is 14.3 Å². The SMILES string of the molecule is COc1ccccc1N1CCN(C(=O)C(=O)Nc2ccccc2Cl)CC1. The van der Waals surface area contributed by atoms with Gasteiger partial charge in [0.1, 0.15) is 5.75 Å². The topological polar surface area (TPSA) is 61.9 Å². The van der Waals surface area contributed by atoms with E-state index >= 15 is 0 Å². The van der Waals surface area contributed by atoms with Crippen molar-refractivity contribution in [2.75, 3.05) is 43.5 Å². The Morgan fingerprint density at radius 2 is 1.65 bits per heavy atom. The average Bonchev–Trinajstić information content (AvgIpc) is 2.69. The van der Waals surface area contributed by atoms with Crippen molar-refractivity contribution in [1.29, 1.82) is 0 Å². The summed E-state index contributed by atoms with van der Waals surface area (Å²) in [6, 6.07) is 14.6. The number of rotatable bonds is 3. The number of nitrogens with zero attached hydrogens (tertiary/aromatic N) is 2. The second-order valence-electron chi connectivity index (χ2n) is 5.89. The molecule has 136 valence electrons. The molecule has 3 rings (SSSR count). The predicted molar refractivity (Wildman–Crippen MR) is 102 cm³/mol. The van der Waals surface area contributed by atoms with Crippen molar-refractivity contribution in [3.63, 3.8) is 0 Å². The monoisotopic (exact) mass is 373 g/mol. The third-order valence-corrected chi connectivity index (χ3v) is 4.64. The largest absolute Gasteiger partial charge is 0.495 e. The average molecular weight is 374 g/mol. The first-order valence-corrected chi connectivity index (χ1v) is 8.70. The number of amides is 2. The summed E-state index contributed by atoms with van der Waals surface area (Å²) < 4.78 is 5.39. The van der Waals surface area contributed by atoms with Crippen LogP contribution in [-0.4, -0.2) is 50.0 Å². The third kappa shape index (κ3) is 3.91. The maximum Gasteiger partial charge on any atom is 0.313 e. The van der Waals surface area contributed by atoms with E-state index in [9.17, 15) is 9.59 Å². The van der Waals surface area contributed by atoms with Gasteiger partial charge >= 0.3 is 11.8 Å². The van der Waals surface area contributed by atoms with Crippen molar-refractivity contribution in [2.45, 2.75) is 0 Å². The molecular formula is C19H20ClN3O3. The number of para-hydroxylation sites is 3. The summed E-state index contributed by atoms with van der Waals surface area (Å²) in [7, 11) is 1.64. The number of methoxy groups -OCH3 is 1. The minimum absolute atomic E-state index is 0.398. The van der Waals surface area contributed by atoms with Gasteiger partial charge in [-0.3, -0.25) is 9.59 Å². The number of hydrogen-bond donors (Lipinski definition) is 1. The Kier molecular flexibility index (Phi) is 5.63. The molecule has 1 N–H and O–H groups in total. The Balaban J connectivity index is 1.60. The lowest BCUT2D eigenvalue weighted by Gasteiger charge is -2.36.